The van der Waals surface area contributed by atoms with Gasteiger partial charge in [0.15, 0.2) is 0 Å². The third-order valence-corrected chi connectivity index (χ3v) is 6.30. The lowest BCUT2D eigenvalue weighted by Crippen LogP contribution is -2.50. The lowest BCUT2D eigenvalue weighted by Gasteiger charge is -2.34. The average Bonchev–Trinajstić information content (AvgIpc) is 3.39. The molecule has 0 radical (unpaired) electrons. The van der Waals surface area contributed by atoms with Gasteiger partial charge in [0.05, 0.1) is 23.9 Å². The van der Waals surface area contributed by atoms with E-state index in [2.05, 4.69) is 0 Å². The van der Waals surface area contributed by atoms with E-state index in [1.807, 2.05) is 54.6 Å². The second-order valence-electron chi connectivity index (χ2n) is 8.51. The van der Waals surface area contributed by atoms with Gasteiger partial charge in [-0.25, -0.2) is 4.68 Å². The Morgan fingerprint density at radius 2 is 1.44 bits per heavy atom. The molecule has 0 atom stereocenters. The van der Waals surface area contributed by atoms with Gasteiger partial charge in [-0.05, 0) is 36.4 Å². The van der Waals surface area contributed by atoms with Crippen LogP contribution >= 0.6 is 0 Å². The van der Waals surface area contributed by atoms with E-state index in [9.17, 15) is 14.7 Å². The predicted molar refractivity (Wildman–Crippen MR) is 135 cm³/mol. The topological polar surface area (TPSA) is 87.9 Å². The van der Waals surface area contributed by atoms with Crippen molar-refractivity contribution < 1.29 is 19.4 Å². The number of phenols is 1. The second kappa shape index (κ2) is 9.95. The third kappa shape index (κ3) is 4.53. The number of ether oxygens (including phenoxy) is 1. The monoisotopic (exact) mass is 482 g/mol. The Kier molecular flexibility index (Phi) is 6.40. The van der Waals surface area contributed by atoms with Crippen molar-refractivity contribution in [1.82, 2.24) is 19.6 Å². The maximum atomic E-state index is 13.7. The van der Waals surface area contributed by atoms with Gasteiger partial charge in [0.2, 0.25) is 0 Å². The minimum Gasteiger partial charge on any atom is -0.507 e. The predicted octanol–water partition coefficient (Wildman–Crippen LogP) is 3.85. The van der Waals surface area contributed by atoms with Crippen LogP contribution in [0.5, 0.6) is 11.5 Å². The number of amides is 2. The van der Waals surface area contributed by atoms with Crippen LogP contribution in [0.25, 0.3) is 16.9 Å². The Labute approximate surface area is 209 Å². The molecule has 182 valence electrons. The first-order chi connectivity index (χ1) is 17.5. The molecule has 0 aliphatic carbocycles. The summed E-state index contributed by atoms with van der Waals surface area (Å²) in [7, 11) is 1.60. The molecule has 3 aromatic carbocycles. The molecule has 8 heteroatoms. The van der Waals surface area contributed by atoms with Crippen LogP contribution in [0.4, 0.5) is 0 Å². The molecule has 36 heavy (non-hydrogen) atoms. The van der Waals surface area contributed by atoms with Crippen LogP contribution in [0.3, 0.4) is 0 Å². The average molecular weight is 483 g/mol. The zero-order valence-electron chi connectivity index (χ0n) is 19.9. The number of phenolic OH excluding ortho intramolecular Hbond substituents is 1. The summed E-state index contributed by atoms with van der Waals surface area (Å²) in [5.41, 5.74) is 2.93. The van der Waals surface area contributed by atoms with Gasteiger partial charge in [0, 0.05) is 37.9 Å². The number of carbonyl (C=O) groups is 2. The first-order valence-electron chi connectivity index (χ1n) is 11.7. The summed E-state index contributed by atoms with van der Waals surface area (Å²) in [4.78, 5) is 30.0. The van der Waals surface area contributed by atoms with E-state index in [4.69, 9.17) is 9.84 Å². The van der Waals surface area contributed by atoms with Crippen molar-refractivity contribution in [3.8, 4) is 28.4 Å². The highest BCUT2D eigenvalue weighted by molar-refractivity contribution is 6.00. The molecule has 2 heterocycles. The van der Waals surface area contributed by atoms with Crippen molar-refractivity contribution >= 4 is 11.8 Å². The van der Waals surface area contributed by atoms with Crippen LogP contribution in [0.2, 0.25) is 0 Å². The Hall–Kier alpha value is -4.59. The molecule has 0 unspecified atom stereocenters. The SMILES string of the molecule is COc1cccc(-c2nn(-c3ccccc3)cc2C(=O)N2CCN(C(=O)c3ccccc3O)CC2)c1. The van der Waals surface area contributed by atoms with E-state index in [-0.39, 0.29) is 23.1 Å². The van der Waals surface area contributed by atoms with Gasteiger partial charge in [-0.2, -0.15) is 5.10 Å². The molecule has 1 N–H and O–H groups in total. The number of carbonyl (C=O) groups excluding carboxylic acids is 2. The molecular weight excluding hydrogens is 456 g/mol. The summed E-state index contributed by atoms with van der Waals surface area (Å²) in [6.07, 6.45) is 1.76. The number of nitrogens with zero attached hydrogens (tertiary/aromatic N) is 4. The molecule has 1 saturated heterocycles. The standard InChI is InChI=1S/C28H26N4O4/c1-36-22-11-7-8-20(18-22)26-24(19-32(29-26)21-9-3-2-4-10-21)28(35)31-16-14-30(15-17-31)27(34)23-12-5-6-13-25(23)33/h2-13,18-19,33H,14-17H2,1H3. The fourth-order valence-corrected chi connectivity index (χ4v) is 4.33. The van der Waals surface area contributed by atoms with Crippen molar-refractivity contribution in [2.45, 2.75) is 0 Å². The number of aromatic nitrogens is 2. The molecule has 1 aliphatic heterocycles. The second-order valence-corrected chi connectivity index (χ2v) is 8.51. The number of hydrogen-bond donors (Lipinski definition) is 1. The Morgan fingerprint density at radius 3 is 2.11 bits per heavy atom. The normalized spacial score (nSPS) is 13.5. The Balaban J connectivity index is 1.41. The van der Waals surface area contributed by atoms with Crippen LogP contribution < -0.4 is 4.74 Å². The largest absolute Gasteiger partial charge is 0.507 e. The highest BCUT2D eigenvalue weighted by Gasteiger charge is 2.29. The number of piperazine rings is 1. The van der Waals surface area contributed by atoms with Gasteiger partial charge in [-0.3, -0.25) is 9.59 Å². The molecular formula is C28H26N4O4. The van der Waals surface area contributed by atoms with E-state index >= 15 is 0 Å². The van der Waals surface area contributed by atoms with Gasteiger partial charge in [0.1, 0.15) is 17.2 Å². The van der Waals surface area contributed by atoms with Gasteiger partial charge in [-0.1, -0.05) is 42.5 Å². The van der Waals surface area contributed by atoms with E-state index in [1.165, 1.54) is 6.07 Å². The van der Waals surface area contributed by atoms with E-state index in [0.29, 0.717) is 43.2 Å². The fourth-order valence-electron chi connectivity index (χ4n) is 4.33. The van der Waals surface area contributed by atoms with Crippen molar-refractivity contribution in [2.24, 2.45) is 0 Å². The number of benzene rings is 3. The molecule has 1 fully saturated rings. The van der Waals surface area contributed by atoms with E-state index in [1.54, 1.807) is 46.0 Å². The number of aromatic hydroxyl groups is 1. The first kappa shape index (κ1) is 23.2. The molecule has 0 spiro atoms. The third-order valence-electron chi connectivity index (χ3n) is 6.30. The summed E-state index contributed by atoms with van der Waals surface area (Å²) < 4.78 is 7.09. The zero-order valence-corrected chi connectivity index (χ0v) is 19.9. The first-order valence-corrected chi connectivity index (χ1v) is 11.7. The highest BCUT2D eigenvalue weighted by Crippen LogP contribution is 2.28. The van der Waals surface area contributed by atoms with Crippen molar-refractivity contribution in [2.75, 3.05) is 33.3 Å². The Bertz CT molecular complexity index is 1390. The lowest BCUT2D eigenvalue weighted by atomic mass is 10.1. The van der Waals surface area contributed by atoms with E-state index in [0.717, 1.165) is 11.3 Å². The van der Waals surface area contributed by atoms with Crippen molar-refractivity contribution in [3.63, 3.8) is 0 Å². The van der Waals surface area contributed by atoms with Crippen LogP contribution in [-0.4, -0.2) is 69.8 Å². The minimum atomic E-state index is -0.242. The number of rotatable bonds is 5. The quantitative estimate of drug-likeness (QED) is 0.467. The smallest absolute Gasteiger partial charge is 0.257 e. The summed E-state index contributed by atoms with van der Waals surface area (Å²) in [6.45, 7) is 1.51. The Morgan fingerprint density at radius 1 is 0.806 bits per heavy atom. The summed E-state index contributed by atoms with van der Waals surface area (Å²) in [5, 5.41) is 14.8. The zero-order chi connectivity index (χ0) is 25.1. The highest BCUT2D eigenvalue weighted by atomic mass is 16.5. The molecule has 1 aromatic heterocycles. The number of methoxy groups -OCH3 is 1. The van der Waals surface area contributed by atoms with Gasteiger partial charge >= 0.3 is 0 Å². The van der Waals surface area contributed by atoms with Gasteiger partial charge in [-0.15, -0.1) is 0 Å². The fraction of sp³-hybridized carbons (Fsp3) is 0.179. The minimum absolute atomic E-state index is 0.0442. The molecule has 2 amide bonds. The van der Waals surface area contributed by atoms with Gasteiger partial charge < -0.3 is 19.6 Å². The number of para-hydroxylation sites is 2. The molecule has 0 saturated carbocycles. The molecule has 4 aromatic rings. The summed E-state index contributed by atoms with van der Waals surface area (Å²) in [6, 6.07) is 23.6. The summed E-state index contributed by atoms with van der Waals surface area (Å²) >= 11 is 0. The van der Waals surface area contributed by atoms with E-state index < -0.39 is 0 Å². The van der Waals surface area contributed by atoms with Crippen LogP contribution in [-0.2, 0) is 0 Å². The van der Waals surface area contributed by atoms with Crippen LogP contribution in [0.15, 0.2) is 85.1 Å². The molecule has 1 aliphatic rings. The number of hydrogen-bond acceptors (Lipinski definition) is 5. The maximum Gasteiger partial charge on any atom is 0.257 e. The molecule has 8 nitrogen and oxygen atoms in total. The maximum absolute atomic E-state index is 13.7. The molecule has 5 rings (SSSR count). The summed E-state index contributed by atoms with van der Waals surface area (Å²) in [5.74, 6) is 0.243. The molecule has 0 bridgehead atoms. The van der Waals surface area contributed by atoms with Crippen molar-refractivity contribution in [1.29, 1.82) is 0 Å². The van der Waals surface area contributed by atoms with Crippen LogP contribution in [0.1, 0.15) is 20.7 Å². The lowest BCUT2D eigenvalue weighted by molar-refractivity contribution is 0.0534. The van der Waals surface area contributed by atoms with Gasteiger partial charge in [0.25, 0.3) is 11.8 Å². The van der Waals surface area contributed by atoms with Crippen molar-refractivity contribution in [3.05, 3.63) is 96.2 Å². The van der Waals surface area contributed by atoms with Crippen LogP contribution in [0, 0.1) is 0 Å².